The minimum Gasteiger partial charge on any atom is -0.497 e. The van der Waals surface area contributed by atoms with E-state index in [1.165, 1.54) is 17.4 Å². The average Bonchev–Trinajstić information content (AvgIpc) is 3.12. The number of para-hydroxylation sites is 1. The van der Waals surface area contributed by atoms with Gasteiger partial charge in [0.15, 0.2) is 5.13 Å². The van der Waals surface area contributed by atoms with Crippen molar-refractivity contribution in [2.45, 2.75) is 6.54 Å². The fraction of sp³-hybridized carbons (Fsp3) is 0.100. The molecule has 0 bridgehead atoms. The van der Waals surface area contributed by atoms with E-state index < -0.39 is 0 Å². The van der Waals surface area contributed by atoms with Crippen LogP contribution in [0, 0.1) is 0 Å². The number of methoxy groups -OCH3 is 1. The number of fused-ring (bicyclic) bond motifs is 1. The van der Waals surface area contributed by atoms with Crippen LogP contribution in [0.3, 0.4) is 0 Å². The molecule has 2 aromatic carbocycles. The fourth-order valence-corrected chi connectivity index (χ4v) is 3.58. The van der Waals surface area contributed by atoms with Crippen molar-refractivity contribution >= 4 is 32.6 Å². The lowest BCUT2D eigenvalue weighted by Crippen LogP contribution is -2.29. The molecule has 0 aliphatic heterocycles. The molecule has 140 valence electrons. The Morgan fingerprint density at radius 2 is 1.89 bits per heavy atom. The Balaban J connectivity index is 1.53. The molecule has 4 aromatic rings. The molecule has 0 aliphatic rings. The Kier molecular flexibility index (Phi) is 4.86. The average molecular weight is 392 g/mol. The molecule has 0 radical (unpaired) electrons. The first-order valence-corrected chi connectivity index (χ1v) is 9.32. The van der Waals surface area contributed by atoms with Crippen molar-refractivity contribution in [1.29, 1.82) is 0 Å². The van der Waals surface area contributed by atoms with Gasteiger partial charge >= 0.3 is 0 Å². The number of ether oxygens (including phenoxy) is 1. The van der Waals surface area contributed by atoms with E-state index in [1.54, 1.807) is 13.2 Å². The fourth-order valence-electron chi connectivity index (χ4n) is 2.70. The van der Waals surface area contributed by atoms with Gasteiger partial charge in [0.1, 0.15) is 12.3 Å². The third-order valence-corrected chi connectivity index (χ3v) is 5.04. The van der Waals surface area contributed by atoms with E-state index in [1.807, 2.05) is 48.5 Å². The molecular formula is C20H16N4O3S. The molecule has 2 heterocycles. The van der Waals surface area contributed by atoms with Crippen molar-refractivity contribution in [2.75, 3.05) is 12.4 Å². The predicted molar refractivity (Wildman–Crippen MR) is 109 cm³/mol. The van der Waals surface area contributed by atoms with Gasteiger partial charge in [-0.25, -0.2) is 9.67 Å². The maximum Gasteiger partial charge on any atom is 0.267 e. The monoisotopic (exact) mass is 392 g/mol. The van der Waals surface area contributed by atoms with Gasteiger partial charge in [0.05, 0.1) is 23.0 Å². The molecule has 0 saturated heterocycles. The van der Waals surface area contributed by atoms with Crippen LogP contribution in [0.25, 0.3) is 21.5 Å². The molecule has 0 saturated carbocycles. The Hall–Kier alpha value is -3.52. The second-order valence-electron chi connectivity index (χ2n) is 5.98. The van der Waals surface area contributed by atoms with E-state index in [4.69, 9.17) is 4.74 Å². The Morgan fingerprint density at radius 3 is 2.64 bits per heavy atom. The number of benzene rings is 2. The first-order chi connectivity index (χ1) is 13.6. The van der Waals surface area contributed by atoms with Crippen molar-refractivity contribution in [2.24, 2.45) is 0 Å². The smallest absolute Gasteiger partial charge is 0.267 e. The predicted octanol–water partition coefficient (Wildman–Crippen LogP) is 3.17. The molecule has 2 aromatic heterocycles. The van der Waals surface area contributed by atoms with Crippen LogP contribution in [-0.4, -0.2) is 27.8 Å². The van der Waals surface area contributed by atoms with Gasteiger partial charge in [0.25, 0.3) is 5.56 Å². The summed E-state index contributed by atoms with van der Waals surface area (Å²) in [5, 5.41) is 7.53. The Bertz CT molecular complexity index is 1170. The highest BCUT2D eigenvalue weighted by Crippen LogP contribution is 2.25. The molecule has 0 fully saturated rings. The SMILES string of the molecule is COc1ccc(-c2ccc(=O)n(CC(=O)Nc3nc4ccccc4s3)n2)cc1. The zero-order valence-corrected chi connectivity index (χ0v) is 15.8. The molecular weight excluding hydrogens is 376 g/mol. The minimum absolute atomic E-state index is 0.196. The van der Waals surface area contributed by atoms with E-state index in [0.717, 1.165) is 26.2 Å². The van der Waals surface area contributed by atoms with Crippen molar-refractivity contribution in [1.82, 2.24) is 14.8 Å². The summed E-state index contributed by atoms with van der Waals surface area (Å²) in [5.74, 6) is 0.368. The molecule has 0 spiro atoms. The number of amides is 1. The lowest BCUT2D eigenvalue weighted by Gasteiger charge is -2.07. The lowest BCUT2D eigenvalue weighted by molar-refractivity contribution is -0.117. The third-order valence-electron chi connectivity index (χ3n) is 4.09. The third kappa shape index (κ3) is 3.77. The van der Waals surface area contributed by atoms with Crippen molar-refractivity contribution < 1.29 is 9.53 Å². The van der Waals surface area contributed by atoms with Gasteiger partial charge in [0, 0.05) is 11.6 Å². The van der Waals surface area contributed by atoms with Gasteiger partial charge in [-0.3, -0.25) is 9.59 Å². The Labute approximate surface area is 164 Å². The summed E-state index contributed by atoms with van der Waals surface area (Å²) in [4.78, 5) is 28.9. The van der Waals surface area contributed by atoms with Crippen molar-refractivity contribution in [3.8, 4) is 17.0 Å². The van der Waals surface area contributed by atoms with E-state index in [2.05, 4.69) is 15.4 Å². The maximum atomic E-state index is 12.4. The lowest BCUT2D eigenvalue weighted by atomic mass is 10.1. The molecule has 1 amide bonds. The highest BCUT2D eigenvalue weighted by molar-refractivity contribution is 7.22. The number of carbonyl (C=O) groups is 1. The van der Waals surface area contributed by atoms with Crippen molar-refractivity contribution in [3.63, 3.8) is 0 Å². The van der Waals surface area contributed by atoms with Gasteiger partial charge < -0.3 is 10.1 Å². The van der Waals surface area contributed by atoms with E-state index in [0.29, 0.717) is 10.8 Å². The summed E-state index contributed by atoms with van der Waals surface area (Å²) < 4.78 is 7.27. The summed E-state index contributed by atoms with van der Waals surface area (Å²) >= 11 is 1.38. The summed E-state index contributed by atoms with van der Waals surface area (Å²) in [6.45, 7) is -0.196. The molecule has 8 heteroatoms. The molecule has 0 aliphatic carbocycles. The zero-order chi connectivity index (χ0) is 19.5. The first kappa shape index (κ1) is 17.9. The number of carbonyl (C=O) groups excluding carboxylic acids is 1. The summed E-state index contributed by atoms with van der Waals surface area (Å²) in [6.07, 6.45) is 0. The minimum atomic E-state index is -0.361. The first-order valence-electron chi connectivity index (χ1n) is 8.50. The number of anilines is 1. The second-order valence-corrected chi connectivity index (χ2v) is 7.01. The van der Waals surface area contributed by atoms with Crippen LogP contribution < -0.4 is 15.6 Å². The summed E-state index contributed by atoms with van der Waals surface area (Å²) in [7, 11) is 1.59. The molecule has 1 N–H and O–H groups in total. The van der Waals surface area contributed by atoms with E-state index in [-0.39, 0.29) is 18.0 Å². The largest absolute Gasteiger partial charge is 0.497 e. The van der Waals surface area contributed by atoms with Crippen LogP contribution in [0.15, 0.2) is 65.5 Å². The standard InChI is InChI=1S/C20H16N4O3S/c1-27-14-8-6-13(7-9-14)15-10-11-19(26)24(23-15)12-18(25)22-20-21-16-4-2-3-5-17(16)28-20/h2-11H,12H2,1H3,(H,21,22,25). The number of hydrogen-bond donors (Lipinski definition) is 1. The summed E-state index contributed by atoms with van der Waals surface area (Å²) in [5.41, 5.74) is 1.88. The van der Waals surface area contributed by atoms with Crippen LogP contribution in [0.1, 0.15) is 0 Å². The van der Waals surface area contributed by atoms with Gasteiger partial charge in [0.2, 0.25) is 5.91 Å². The molecule has 28 heavy (non-hydrogen) atoms. The normalized spacial score (nSPS) is 10.8. The van der Waals surface area contributed by atoms with Crippen LogP contribution in [0.2, 0.25) is 0 Å². The van der Waals surface area contributed by atoms with Gasteiger partial charge in [-0.2, -0.15) is 5.10 Å². The molecule has 7 nitrogen and oxygen atoms in total. The number of hydrogen-bond acceptors (Lipinski definition) is 6. The highest BCUT2D eigenvalue weighted by atomic mass is 32.1. The van der Waals surface area contributed by atoms with Gasteiger partial charge in [-0.15, -0.1) is 0 Å². The van der Waals surface area contributed by atoms with Crippen LogP contribution >= 0.6 is 11.3 Å². The van der Waals surface area contributed by atoms with E-state index >= 15 is 0 Å². The van der Waals surface area contributed by atoms with Crippen LogP contribution in [0.5, 0.6) is 5.75 Å². The quantitative estimate of drug-likeness (QED) is 0.564. The Morgan fingerprint density at radius 1 is 1.11 bits per heavy atom. The molecule has 0 atom stereocenters. The van der Waals surface area contributed by atoms with Crippen LogP contribution in [0.4, 0.5) is 5.13 Å². The highest BCUT2D eigenvalue weighted by Gasteiger charge is 2.11. The maximum absolute atomic E-state index is 12.4. The number of nitrogens with one attached hydrogen (secondary N) is 1. The molecule has 4 rings (SSSR count). The van der Waals surface area contributed by atoms with Crippen molar-refractivity contribution in [3.05, 3.63) is 71.0 Å². The topological polar surface area (TPSA) is 86.1 Å². The number of nitrogens with zero attached hydrogens (tertiary/aromatic N) is 3. The molecule has 0 unspecified atom stereocenters. The number of aromatic nitrogens is 3. The second kappa shape index (κ2) is 7.61. The van der Waals surface area contributed by atoms with E-state index in [9.17, 15) is 9.59 Å². The van der Waals surface area contributed by atoms with Gasteiger partial charge in [-0.1, -0.05) is 23.5 Å². The summed E-state index contributed by atoms with van der Waals surface area (Å²) in [6, 6.07) is 18.0. The van der Waals surface area contributed by atoms with Gasteiger partial charge in [-0.05, 0) is 42.5 Å². The zero-order valence-electron chi connectivity index (χ0n) is 15.0. The number of rotatable bonds is 5. The van der Waals surface area contributed by atoms with Crippen LogP contribution in [-0.2, 0) is 11.3 Å². The number of thiazole rings is 1.